The zero-order chi connectivity index (χ0) is 13.9. The molecule has 2 aromatic heterocycles. The smallest absolute Gasteiger partial charge is 0.274 e. The molecule has 0 aliphatic rings. The van der Waals surface area contributed by atoms with Crippen molar-refractivity contribution in [2.24, 2.45) is 5.73 Å². The van der Waals surface area contributed by atoms with Gasteiger partial charge in [0.25, 0.3) is 10.0 Å². The maximum absolute atomic E-state index is 12.0. The monoisotopic (exact) mass is 284 g/mol. The molecule has 0 bridgehead atoms. The van der Waals surface area contributed by atoms with Crippen molar-refractivity contribution in [1.82, 2.24) is 14.3 Å². The third-order valence-corrected chi connectivity index (χ3v) is 3.97. The van der Waals surface area contributed by atoms with Crippen molar-refractivity contribution in [3.63, 3.8) is 0 Å². The van der Waals surface area contributed by atoms with E-state index in [4.69, 9.17) is 10.2 Å². The molecule has 8 heteroatoms. The number of hydrogen-bond donors (Lipinski definition) is 2. The molecule has 104 valence electrons. The summed E-state index contributed by atoms with van der Waals surface area (Å²) in [5.74, 6) is 0.433. The fourth-order valence-electron chi connectivity index (χ4n) is 1.68. The molecule has 1 unspecified atom stereocenters. The Bertz CT molecular complexity index is 618. The van der Waals surface area contributed by atoms with Gasteiger partial charge in [-0.1, -0.05) is 0 Å². The highest BCUT2D eigenvalue weighted by Crippen LogP contribution is 2.13. The van der Waals surface area contributed by atoms with Crippen LogP contribution in [0.3, 0.4) is 0 Å². The van der Waals surface area contributed by atoms with Crippen molar-refractivity contribution in [2.75, 3.05) is 0 Å². The number of nitrogens with two attached hydrogens (primary N) is 1. The average molecular weight is 284 g/mol. The van der Waals surface area contributed by atoms with E-state index in [2.05, 4.69) is 9.71 Å². The van der Waals surface area contributed by atoms with Crippen LogP contribution in [0.2, 0.25) is 0 Å². The summed E-state index contributed by atoms with van der Waals surface area (Å²) in [6.07, 6.45) is 5.04. The van der Waals surface area contributed by atoms with Crippen molar-refractivity contribution < 1.29 is 12.8 Å². The second-order valence-corrected chi connectivity index (χ2v) is 5.85. The molecular formula is C11H16N4O3S. The summed E-state index contributed by atoms with van der Waals surface area (Å²) in [7, 11) is -3.66. The third-order valence-electron chi connectivity index (χ3n) is 2.50. The highest BCUT2D eigenvalue weighted by molar-refractivity contribution is 7.89. The van der Waals surface area contributed by atoms with Crippen molar-refractivity contribution in [1.29, 1.82) is 0 Å². The van der Waals surface area contributed by atoms with Crippen LogP contribution in [0.15, 0.2) is 40.4 Å². The summed E-state index contributed by atoms with van der Waals surface area (Å²) in [6.45, 7) is 2.42. The van der Waals surface area contributed by atoms with Crippen molar-refractivity contribution in [3.05, 3.63) is 36.6 Å². The third kappa shape index (κ3) is 3.43. The van der Waals surface area contributed by atoms with Gasteiger partial charge in [-0.2, -0.15) is 0 Å². The van der Waals surface area contributed by atoms with Gasteiger partial charge in [0.1, 0.15) is 5.76 Å². The predicted octanol–water partition coefficient (Wildman–Crippen LogP) is 0.302. The van der Waals surface area contributed by atoms with Gasteiger partial charge in [0.15, 0.2) is 0 Å². The first kappa shape index (κ1) is 13.8. The van der Waals surface area contributed by atoms with Gasteiger partial charge >= 0.3 is 0 Å². The highest BCUT2D eigenvalue weighted by Gasteiger charge is 2.21. The number of aromatic nitrogens is 2. The van der Waals surface area contributed by atoms with E-state index in [9.17, 15) is 8.42 Å². The van der Waals surface area contributed by atoms with E-state index in [-0.39, 0.29) is 17.7 Å². The molecule has 2 rings (SSSR count). The number of nitrogens with zero attached hydrogens (tertiary/aromatic N) is 2. The molecule has 7 nitrogen and oxygen atoms in total. The fourth-order valence-corrected chi connectivity index (χ4v) is 2.87. The normalized spacial score (nSPS) is 13.6. The largest absolute Gasteiger partial charge is 0.447 e. The molecule has 0 aromatic carbocycles. The van der Waals surface area contributed by atoms with Crippen LogP contribution in [0, 0.1) is 0 Å². The van der Waals surface area contributed by atoms with E-state index in [1.54, 1.807) is 36.3 Å². The first-order valence-electron chi connectivity index (χ1n) is 5.78. The standard InChI is InChI=1S/C11H16N4O3S/c1-9(7-15-5-4-13-8-15)14-19(16,17)11-3-2-10(6-12)18-11/h2-5,8-9,14H,6-7,12H2,1H3. The Labute approximate surface area is 111 Å². The molecule has 3 N–H and O–H groups in total. The molecule has 1 atom stereocenters. The van der Waals surface area contributed by atoms with Crippen molar-refractivity contribution in [2.45, 2.75) is 31.1 Å². The van der Waals surface area contributed by atoms with Gasteiger partial charge in [-0.05, 0) is 19.1 Å². The highest BCUT2D eigenvalue weighted by atomic mass is 32.2. The van der Waals surface area contributed by atoms with Gasteiger partial charge in [0, 0.05) is 25.0 Å². The number of imidazole rings is 1. The van der Waals surface area contributed by atoms with Crippen molar-refractivity contribution >= 4 is 10.0 Å². The van der Waals surface area contributed by atoms with E-state index < -0.39 is 10.0 Å². The molecule has 0 saturated carbocycles. The van der Waals surface area contributed by atoms with Crippen LogP contribution in [-0.2, 0) is 23.1 Å². The second-order valence-electron chi connectivity index (χ2n) is 4.21. The Morgan fingerprint density at radius 1 is 1.53 bits per heavy atom. The number of sulfonamides is 1. The van der Waals surface area contributed by atoms with E-state index in [0.717, 1.165) is 0 Å². The summed E-state index contributed by atoms with van der Waals surface area (Å²) in [6, 6.07) is 2.66. The van der Waals surface area contributed by atoms with Gasteiger partial charge in [-0.3, -0.25) is 0 Å². The fraction of sp³-hybridized carbons (Fsp3) is 0.364. The summed E-state index contributed by atoms with van der Waals surface area (Å²) in [5, 5.41) is -0.120. The summed E-state index contributed by atoms with van der Waals surface area (Å²) >= 11 is 0. The Morgan fingerprint density at radius 3 is 2.89 bits per heavy atom. The first-order valence-corrected chi connectivity index (χ1v) is 7.26. The maximum atomic E-state index is 12.0. The van der Waals surface area contributed by atoms with E-state index in [1.165, 1.54) is 6.07 Å². The van der Waals surface area contributed by atoms with Crippen LogP contribution in [0.4, 0.5) is 0 Å². The summed E-state index contributed by atoms with van der Waals surface area (Å²) in [5.41, 5.74) is 5.38. The minimum absolute atomic E-state index is 0.120. The Hall–Kier alpha value is -1.64. The lowest BCUT2D eigenvalue weighted by Gasteiger charge is -2.13. The number of rotatable bonds is 6. The Morgan fingerprint density at radius 2 is 2.32 bits per heavy atom. The van der Waals surface area contributed by atoms with Crippen LogP contribution >= 0.6 is 0 Å². The second kappa shape index (κ2) is 5.55. The molecule has 0 radical (unpaired) electrons. The SMILES string of the molecule is CC(Cn1ccnc1)NS(=O)(=O)c1ccc(CN)o1. The molecule has 19 heavy (non-hydrogen) atoms. The Kier molecular flexibility index (Phi) is 4.03. The molecular weight excluding hydrogens is 268 g/mol. The molecule has 2 heterocycles. The van der Waals surface area contributed by atoms with Crippen LogP contribution in [-0.4, -0.2) is 24.0 Å². The topological polar surface area (TPSA) is 103 Å². The molecule has 2 aromatic rings. The minimum atomic E-state index is -3.66. The summed E-state index contributed by atoms with van der Waals surface area (Å²) < 4.78 is 33.5. The Balaban J connectivity index is 2.04. The zero-order valence-corrected chi connectivity index (χ0v) is 11.3. The van der Waals surface area contributed by atoms with Crippen LogP contribution in [0.5, 0.6) is 0 Å². The van der Waals surface area contributed by atoms with E-state index in [0.29, 0.717) is 12.3 Å². The molecule has 0 saturated heterocycles. The van der Waals surface area contributed by atoms with Crippen LogP contribution < -0.4 is 10.5 Å². The van der Waals surface area contributed by atoms with Gasteiger partial charge < -0.3 is 14.7 Å². The number of nitrogens with one attached hydrogen (secondary N) is 1. The number of hydrogen-bond acceptors (Lipinski definition) is 5. The average Bonchev–Trinajstić information content (AvgIpc) is 2.97. The quantitative estimate of drug-likeness (QED) is 0.794. The molecule has 0 amide bonds. The number of furan rings is 1. The van der Waals surface area contributed by atoms with E-state index in [1.807, 2.05) is 0 Å². The predicted molar refractivity (Wildman–Crippen MR) is 68.6 cm³/mol. The minimum Gasteiger partial charge on any atom is -0.447 e. The zero-order valence-electron chi connectivity index (χ0n) is 10.5. The molecule has 0 spiro atoms. The molecule has 0 fully saturated rings. The summed E-state index contributed by atoms with van der Waals surface area (Å²) in [4.78, 5) is 3.90. The van der Waals surface area contributed by atoms with Crippen molar-refractivity contribution in [3.8, 4) is 0 Å². The first-order chi connectivity index (χ1) is 9.01. The molecule has 0 aliphatic heterocycles. The lowest BCUT2D eigenvalue weighted by Crippen LogP contribution is -2.35. The van der Waals surface area contributed by atoms with Gasteiger partial charge in [-0.15, -0.1) is 0 Å². The maximum Gasteiger partial charge on any atom is 0.274 e. The van der Waals surface area contributed by atoms with Gasteiger partial charge in [0.2, 0.25) is 5.09 Å². The van der Waals surface area contributed by atoms with Crippen LogP contribution in [0.25, 0.3) is 0 Å². The van der Waals surface area contributed by atoms with Crippen LogP contribution in [0.1, 0.15) is 12.7 Å². The van der Waals surface area contributed by atoms with Gasteiger partial charge in [-0.25, -0.2) is 18.1 Å². The molecule has 0 aliphatic carbocycles. The lowest BCUT2D eigenvalue weighted by molar-refractivity contribution is 0.408. The van der Waals surface area contributed by atoms with Gasteiger partial charge in [0.05, 0.1) is 12.9 Å². The lowest BCUT2D eigenvalue weighted by atomic mass is 10.4. The van der Waals surface area contributed by atoms with E-state index >= 15 is 0 Å².